The maximum absolute atomic E-state index is 5.96. The zero-order valence-corrected chi connectivity index (χ0v) is 11.3. The van der Waals surface area contributed by atoms with Gasteiger partial charge in [-0.25, -0.2) is 0 Å². The van der Waals surface area contributed by atoms with Crippen molar-refractivity contribution in [3.05, 3.63) is 23.8 Å². The quantitative estimate of drug-likeness (QED) is 0.746. The van der Waals surface area contributed by atoms with Gasteiger partial charge in [-0.3, -0.25) is 0 Å². The molecular weight excluding hydrogens is 212 g/mol. The average Bonchev–Trinajstić information content (AvgIpc) is 2.25. The fraction of sp³-hybridized carbons (Fsp3) is 0.571. The summed E-state index contributed by atoms with van der Waals surface area (Å²) in [6.07, 6.45) is 1.03. The lowest BCUT2D eigenvalue weighted by Crippen LogP contribution is -2.25. The summed E-state index contributed by atoms with van der Waals surface area (Å²) in [5.74, 6) is 0. The number of nitrogens with two attached hydrogens (primary N) is 1. The van der Waals surface area contributed by atoms with E-state index in [1.165, 1.54) is 5.56 Å². The summed E-state index contributed by atoms with van der Waals surface area (Å²) in [5.41, 5.74) is 9.18. The molecule has 0 heterocycles. The Bertz CT molecular complexity index is 361. The first-order valence-electron chi connectivity index (χ1n) is 6.03. The third kappa shape index (κ3) is 4.65. The van der Waals surface area contributed by atoms with Crippen LogP contribution in [0.25, 0.3) is 0 Å². The minimum atomic E-state index is 0.202. The van der Waals surface area contributed by atoms with Crippen LogP contribution in [-0.2, 0) is 4.74 Å². The Morgan fingerprint density at radius 2 is 2.06 bits per heavy atom. The summed E-state index contributed by atoms with van der Waals surface area (Å²) in [4.78, 5) is 0. The monoisotopic (exact) mass is 236 g/mol. The number of nitrogens with one attached hydrogen (secondary N) is 1. The molecule has 0 aliphatic rings. The van der Waals surface area contributed by atoms with E-state index >= 15 is 0 Å². The number of anilines is 2. The smallest absolute Gasteiger partial charge is 0.0574 e. The second-order valence-corrected chi connectivity index (χ2v) is 5.35. The van der Waals surface area contributed by atoms with E-state index in [-0.39, 0.29) is 5.41 Å². The minimum absolute atomic E-state index is 0.202. The summed E-state index contributed by atoms with van der Waals surface area (Å²) >= 11 is 0. The van der Waals surface area contributed by atoms with Crippen molar-refractivity contribution in [1.29, 1.82) is 0 Å². The molecule has 1 aromatic rings. The van der Waals surface area contributed by atoms with Crippen molar-refractivity contribution >= 4 is 11.4 Å². The van der Waals surface area contributed by atoms with E-state index in [0.717, 1.165) is 30.9 Å². The van der Waals surface area contributed by atoms with Gasteiger partial charge in [0.1, 0.15) is 0 Å². The van der Waals surface area contributed by atoms with Crippen molar-refractivity contribution in [2.75, 3.05) is 31.3 Å². The summed E-state index contributed by atoms with van der Waals surface area (Å²) in [6.45, 7) is 8.18. The van der Waals surface area contributed by atoms with Crippen LogP contribution < -0.4 is 11.1 Å². The van der Waals surface area contributed by atoms with Gasteiger partial charge in [-0.05, 0) is 36.5 Å². The van der Waals surface area contributed by atoms with Gasteiger partial charge in [0.25, 0.3) is 0 Å². The highest BCUT2D eigenvalue weighted by atomic mass is 16.5. The van der Waals surface area contributed by atoms with Crippen LogP contribution in [0.1, 0.15) is 25.8 Å². The fourth-order valence-electron chi connectivity index (χ4n) is 1.64. The molecule has 0 saturated heterocycles. The van der Waals surface area contributed by atoms with Gasteiger partial charge in [0.05, 0.1) is 11.4 Å². The zero-order chi connectivity index (χ0) is 12.9. The number of benzene rings is 1. The lowest BCUT2D eigenvalue weighted by atomic mass is 9.89. The van der Waals surface area contributed by atoms with Gasteiger partial charge in [-0.15, -0.1) is 0 Å². The minimum Gasteiger partial charge on any atom is -0.397 e. The molecule has 3 N–H and O–H groups in total. The largest absolute Gasteiger partial charge is 0.397 e. The molecule has 17 heavy (non-hydrogen) atoms. The molecule has 96 valence electrons. The number of nitrogen functional groups attached to an aromatic ring is 1. The van der Waals surface area contributed by atoms with E-state index in [1.54, 1.807) is 7.11 Å². The Hall–Kier alpha value is -1.22. The molecule has 1 aromatic carbocycles. The van der Waals surface area contributed by atoms with E-state index in [1.807, 2.05) is 19.1 Å². The van der Waals surface area contributed by atoms with Crippen molar-refractivity contribution in [1.82, 2.24) is 0 Å². The maximum atomic E-state index is 5.96. The molecule has 0 amide bonds. The Morgan fingerprint density at radius 3 is 2.65 bits per heavy atom. The van der Waals surface area contributed by atoms with E-state index in [9.17, 15) is 0 Å². The van der Waals surface area contributed by atoms with E-state index in [0.29, 0.717) is 0 Å². The molecule has 0 aliphatic heterocycles. The molecule has 0 bridgehead atoms. The van der Waals surface area contributed by atoms with Crippen LogP contribution in [-0.4, -0.2) is 20.3 Å². The number of hydrogen-bond acceptors (Lipinski definition) is 3. The van der Waals surface area contributed by atoms with Crippen LogP contribution in [0.4, 0.5) is 11.4 Å². The molecule has 0 saturated carbocycles. The topological polar surface area (TPSA) is 47.3 Å². The van der Waals surface area contributed by atoms with Crippen LogP contribution in [0.15, 0.2) is 18.2 Å². The Kier molecular flexibility index (Phi) is 4.82. The van der Waals surface area contributed by atoms with Crippen molar-refractivity contribution in [2.45, 2.75) is 27.2 Å². The molecule has 3 heteroatoms. The zero-order valence-electron chi connectivity index (χ0n) is 11.3. The van der Waals surface area contributed by atoms with Gasteiger partial charge in [0.2, 0.25) is 0 Å². The fourth-order valence-corrected chi connectivity index (χ4v) is 1.64. The first-order chi connectivity index (χ1) is 7.94. The standard InChI is InChI=1S/C14H24N2O/c1-11-5-6-13(12(15)9-11)16-10-14(2,3)7-8-17-4/h5-6,9,16H,7-8,10,15H2,1-4H3. The first-order valence-corrected chi connectivity index (χ1v) is 6.03. The van der Waals surface area contributed by atoms with Gasteiger partial charge in [-0.2, -0.15) is 0 Å². The second-order valence-electron chi connectivity index (χ2n) is 5.35. The third-order valence-corrected chi connectivity index (χ3v) is 2.95. The molecule has 3 nitrogen and oxygen atoms in total. The number of methoxy groups -OCH3 is 1. The van der Waals surface area contributed by atoms with Gasteiger partial charge >= 0.3 is 0 Å². The number of rotatable bonds is 6. The Balaban J connectivity index is 2.54. The molecule has 0 spiro atoms. The molecule has 0 fully saturated rings. The molecule has 1 rings (SSSR count). The molecule has 0 radical (unpaired) electrons. The molecular formula is C14H24N2O. The van der Waals surface area contributed by atoms with Crippen LogP contribution in [0.5, 0.6) is 0 Å². The van der Waals surface area contributed by atoms with Crippen molar-refractivity contribution < 1.29 is 4.74 Å². The Morgan fingerprint density at radius 1 is 1.35 bits per heavy atom. The third-order valence-electron chi connectivity index (χ3n) is 2.95. The van der Waals surface area contributed by atoms with Crippen molar-refractivity contribution in [2.24, 2.45) is 5.41 Å². The average molecular weight is 236 g/mol. The highest BCUT2D eigenvalue weighted by Crippen LogP contribution is 2.24. The summed E-state index contributed by atoms with van der Waals surface area (Å²) in [5, 5.41) is 3.41. The van der Waals surface area contributed by atoms with Crippen LogP contribution >= 0.6 is 0 Å². The van der Waals surface area contributed by atoms with Crippen molar-refractivity contribution in [3.8, 4) is 0 Å². The van der Waals surface area contributed by atoms with Gasteiger partial charge < -0.3 is 15.8 Å². The molecule has 0 unspecified atom stereocenters. The lowest BCUT2D eigenvalue weighted by Gasteiger charge is -2.25. The molecule has 0 aromatic heterocycles. The van der Waals surface area contributed by atoms with Crippen LogP contribution in [0, 0.1) is 12.3 Å². The predicted molar refractivity (Wildman–Crippen MR) is 74.4 cm³/mol. The van der Waals surface area contributed by atoms with Crippen LogP contribution in [0.3, 0.4) is 0 Å². The number of hydrogen-bond donors (Lipinski definition) is 2. The van der Waals surface area contributed by atoms with Gasteiger partial charge in [-0.1, -0.05) is 19.9 Å². The Labute approximate surface area is 104 Å². The summed E-state index contributed by atoms with van der Waals surface area (Å²) in [7, 11) is 1.74. The summed E-state index contributed by atoms with van der Waals surface area (Å²) in [6, 6.07) is 6.10. The van der Waals surface area contributed by atoms with Gasteiger partial charge in [0, 0.05) is 20.3 Å². The van der Waals surface area contributed by atoms with Crippen LogP contribution in [0.2, 0.25) is 0 Å². The second kappa shape index (κ2) is 5.92. The van der Waals surface area contributed by atoms with Gasteiger partial charge in [0.15, 0.2) is 0 Å². The highest BCUT2D eigenvalue weighted by Gasteiger charge is 2.17. The first kappa shape index (κ1) is 13.8. The maximum Gasteiger partial charge on any atom is 0.0574 e. The molecule has 0 aliphatic carbocycles. The summed E-state index contributed by atoms with van der Waals surface area (Å²) < 4.78 is 5.12. The number of ether oxygens (including phenoxy) is 1. The van der Waals surface area contributed by atoms with E-state index in [2.05, 4.69) is 25.2 Å². The van der Waals surface area contributed by atoms with E-state index < -0.39 is 0 Å². The highest BCUT2D eigenvalue weighted by molar-refractivity contribution is 5.66. The van der Waals surface area contributed by atoms with Crippen molar-refractivity contribution in [3.63, 3.8) is 0 Å². The van der Waals surface area contributed by atoms with E-state index in [4.69, 9.17) is 10.5 Å². The number of aryl methyl sites for hydroxylation is 1. The normalized spacial score (nSPS) is 11.5. The SMILES string of the molecule is COCCC(C)(C)CNc1ccc(C)cc1N. The molecule has 0 atom stereocenters. The predicted octanol–water partition coefficient (Wildman–Crippen LogP) is 3.05. The lowest BCUT2D eigenvalue weighted by molar-refractivity contribution is 0.157.